The average Bonchev–Trinajstić information content (AvgIpc) is 2.69. The minimum Gasteiger partial charge on any atom is -0.491 e. The van der Waals surface area contributed by atoms with Crippen LogP contribution < -0.4 is 15.8 Å². The predicted molar refractivity (Wildman–Crippen MR) is 107 cm³/mol. The number of anilines is 2. The van der Waals surface area contributed by atoms with Crippen molar-refractivity contribution in [2.45, 2.75) is 6.42 Å². The number of benzene rings is 1. The fraction of sp³-hybridized carbons (Fsp3) is 0.238. The van der Waals surface area contributed by atoms with E-state index in [1.54, 1.807) is 13.3 Å². The number of ether oxygens (including phenoxy) is 2. The molecule has 0 aliphatic rings. The number of methoxy groups -OCH3 is 1. The summed E-state index contributed by atoms with van der Waals surface area (Å²) in [6.07, 6.45) is 2.55. The Morgan fingerprint density at radius 3 is 2.74 bits per heavy atom. The largest absolute Gasteiger partial charge is 0.491 e. The molecular weight excluding hydrogens is 340 g/mol. The lowest BCUT2D eigenvalue weighted by Crippen LogP contribution is -2.05. The second-order valence-corrected chi connectivity index (χ2v) is 5.99. The van der Waals surface area contributed by atoms with Crippen LogP contribution in [-0.2, 0) is 11.2 Å². The third-order valence-corrected chi connectivity index (χ3v) is 3.95. The maximum Gasteiger partial charge on any atom is 0.135 e. The lowest BCUT2D eigenvalue weighted by atomic mass is 10.1. The highest BCUT2D eigenvalue weighted by atomic mass is 16.5. The van der Waals surface area contributed by atoms with Gasteiger partial charge in [-0.25, -0.2) is 9.97 Å². The molecular formula is C21H24N4O2. The molecule has 0 saturated heterocycles. The third-order valence-electron chi connectivity index (χ3n) is 3.95. The molecule has 0 saturated carbocycles. The molecule has 2 aromatic heterocycles. The van der Waals surface area contributed by atoms with Gasteiger partial charge in [-0.2, -0.15) is 0 Å². The Hall–Kier alpha value is -2.96. The van der Waals surface area contributed by atoms with E-state index in [4.69, 9.17) is 20.2 Å². The SMILES string of the molecule is COCCOc1ccnc(Nc2cccc(-c3cccc(CCN)c3)n2)c1. The molecule has 27 heavy (non-hydrogen) atoms. The van der Waals surface area contributed by atoms with Crippen molar-refractivity contribution in [3.63, 3.8) is 0 Å². The van der Waals surface area contributed by atoms with Crippen molar-refractivity contribution in [3.05, 3.63) is 66.4 Å². The molecule has 0 unspecified atom stereocenters. The monoisotopic (exact) mass is 364 g/mol. The molecule has 3 N–H and O–H groups in total. The van der Waals surface area contributed by atoms with Crippen molar-refractivity contribution in [3.8, 4) is 17.0 Å². The quantitative estimate of drug-likeness (QED) is 0.566. The molecule has 6 nitrogen and oxygen atoms in total. The maximum absolute atomic E-state index is 5.66. The summed E-state index contributed by atoms with van der Waals surface area (Å²) >= 11 is 0. The van der Waals surface area contributed by atoms with Gasteiger partial charge in [0.2, 0.25) is 0 Å². The minimum absolute atomic E-state index is 0.493. The van der Waals surface area contributed by atoms with E-state index in [0.717, 1.165) is 29.2 Å². The Bertz CT molecular complexity index is 870. The first-order valence-corrected chi connectivity index (χ1v) is 8.90. The molecule has 1 aromatic carbocycles. The van der Waals surface area contributed by atoms with Crippen molar-refractivity contribution >= 4 is 11.6 Å². The van der Waals surface area contributed by atoms with Crippen LogP contribution in [0.25, 0.3) is 11.3 Å². The zero-order valence-electron chi connectivity index (χ0n) is 15.4. The molecule has 0 fully saturated rings. The highest BCUT2D eigenvalue weighted by Crippen LogP contribution is 2.23. The summed E-state index contributed by atoms with van der Waals surface area (Å²) < 4.78 is 10.6. The van der Waals surface area contributed by atoms with Gasteiger partial charge in [0.1, 0.15) is 24.0 Å². The van der Waals surface area contributed by atoms with Crippen molar-refractivity contribution in [1.82, 2.24) is 9.97 Å². The summed E-state index contributed by atoms with van der Waals surface area (Å²) in [6, 6.07) is 17.8. The Kier molecular flexibility index (Phi) is 6.73. The number of hydrogen-bond donors (Lipinski definition) is 2. The van der Waals surface area contributed by atoms with Gasteiger partial charge in [0.05, 0.1) is 12.3 Å². The molecule has 2 heterocycles. The Morgan fingerprint density at radius 2 is 1.89 bits per heavy atom. The van der Waals surface area contributed by atoms with Crippen molar-refractivity contribution in [2.24, 2.45) is 5.73 Å². The van der Waals surface area contributed by atoms with Gasteiger partial charge >= 0.3 is 0 Å². The second-order valence-electron chi connectivity index (χ2n) is 5.99. The van der Waals surface area contributed by atoms with Crippen LogP contribution in [0.1, 0.15) is 5.56 Å². The molecule has 3 aromatic rings. The van der Waals surface area contributed by atoms with Crippen molar-refractivity contribution < 1.29 is 9.47 Å². The van der Waals surface area contributed by atoms with Crippen LogP contribution in [0, 0.1) is 0 Å². The summed E-state index contributed by atoms with van der Waals surface area (Å²) in [5.41, 5.74) is 8.83. The Morgan fingerprint density at radius 1 is 1.00 bits per heavy atom. The molecule has 6 heteroatoms. The Labute approximate surface area is 159 Å². The standard InChI is InChI=1S/C21H24N4O2/c1-26-12-13-27-18-9-11-23-21(15-18)25-20-7-3-6-19(24-20)17-5-2-4-16(14-17)8-10-22/h2-7,9,11,14-15H,8,10,12-13,22H2,1H3,(H,23,24,25). The number of nitrogens with two attached hydrogens (primary N) is 1. The molecule has 0 radical (unpaired) electrons. The summed E-state index contributed by atoms with van der Waals surface area (Å²) in [4.78, 5) is 9.03. The van der Waals surface area contributed by atoms with Gasteiger partial charge < -0.3 is 20.5 Å². The van der Waals surface area contributed by atoms with Gasteiger partial charge in [-0.05, 0) is 42.8 Å². The number of rotatable bonds is 9. The number of nitrogens with one attached hydrogen (secondary N) is 1. The van der Waals surface area contributed by atoms with Crippen molar-refractivity contribution in [2.75, 3.05) is 32.2 Å². The molecule has 0 atom stereocenters. The third kappa shape index (κ3) is 5.51. The number of nitrogens with zero attached hydrogens (tertiary/aromatic N) is 2. The highest BCUT2D eigenvalue weighted by Gasteiger charge is 2.04. The molecule has 0 bridgehead atoms. The zero-order chi connectivity index (χ0) is 18.9. The summed E-state index contributed by atoms with van der Waals surface area (Å²) in [5, 5.41) is 3.23. The van der Waals surface area contributed by atoms with E-state index in [9.17, 15) is 0 Å². The van der Waals surface area contributed by atoms with E-state index >= 15 is 0 Å². The van der Waals surface area contributed by atoms with Crippen LogP contribution in [0.3, 0.4) is 0 Å². The molecule has 0 amide bonds. The maximum atomic E-state index is 5.66. The first kappa shape index (κ1) is 18.8. The average molecular weight is 364 g/mol. The van der Waals surface area contributed by atoms with Crippen LogP contribution in [0.5, 0.6) is 5.75 Å². The normalized spacial score (nSPS) is 10.6. The highest BCUT2D eigenvalue weighted by molar-refractivity contribution is 5.64. The fourth-order valence-electron chi connectivity index (χ4n) is 2.66. The van der Waals surface area contributed by atoms with E-state index in [0.29, 0.717) is 25.6 Å². The van der Waals surface area contributed by atoms with Gasteiger partial charge in [0, 0.05) is 24.9 Å². The van der Waals surface area contributed by atoms with Crippen molar-refractivity contribution in [1.29, 1.82) is 0 Å². The number of hydrogen-bond acceptors (Lipinski definition) is 6. The van der Waals surface area contributed by atoms with E-state index in [-0.39, 0.29) is 0 Å². The number of aromatic nitrogens is 2. The summed E-state index contributed by atoms with van der Waals surface area (Å²) in [5.74, 6) is 2.12. The molecule has 0 spiro atoms. The van der Waals surface area contributed by atoms with E-state index in [2.05, 4.69) is 28.5 Å². The van der Waals surface area contributed by atoms with E-state index < -0.39 is 0 Å². The lowest BCUT2D eigenvalue weighted by Gasteiger charge is -2.10. The summed E-state index contributed by atoms with van der Waals surface area (Å²) in [7, 11) is 1.65. The van der Waals surface area contributed by atoms with Crippen LogP contribution in [0.4, 0.5) is 11.6 Å². The number of pyridine rings is 2. The van der Waals surface area contributed by atoms with Crippen LogP contribution in [-0.4, -0.2) is 36.8 Å². The van der Waals surface area contributed by atoms with Gasteiger partial charge in [0.15, 0.2) is 0 Å². The van der Waals surface area contributed by atoms with Gasteiger partial charge in [-0.1, -0.05) is 24.3 Å². The smallest absolute Gasteiger partial charge is 0.135 e. The fourth-order valence-corrected chi connectivity index (χ4v) is 2.66. The van der Waals surface area contributed by atoms with E-state index in [1.807, 2.05) is 36.4 Å². The predicted octanol–water partition coefficient (Wildman–Crippen LogP) is 3.41. The molecule has 140 valence electrons. The van der Waals surface area contributed by atoms with Crippen LogP contribution in [0.2, 0.25) is 0 Å². The first-order valence-electron chi connectivity index (χ1n) is 8.90. The topological polar surface area (TPSA) is 82.3 Å². The van der Waals surface area contributed by atoms with Gasteiger partial charge in [0.25, 0.3) is 0 Å². The zero-order valence-corrected chi connectivity index (χ0v) is 15.4. The lowest BCUT2D eigenvalue weighted by molar-refractivity contribution is 0.146. The molecule has 0 aliphatic carbocycles. The summed E-state index contributed by atoms with van der Waals surface area (Å²) in [6.45, 7) is 1.66. The van der Waals surface area contributed by atoms with E-state index in [1.165, 1.54) is 5.56 Å². The molecule has 3 rings (SSSR count). The Balaban J connectivity index is 1.74. The molecule has 0 aliphatic heterocycles. The van der Waals surface area contributed by atoms with Crippen LogP contribution in [0.15, 0.2) is 60.8 Å². The second kappa shape index (κ2) is 9.66. The van der Waals surface area contributed by atoms with Gasteiger partial charge in [-0.15, -0.1) is 0 Å². The first-order chi connectivity index (χ1) is 13.3. The minimum atomic E-state index is 0.493. The van der Waals surface area contributed by atoms with Gasteiger partial charge in [-0.3, -0.25) is 0 Å². The van der Waals surface area contributed by atoms with Crippen LogP contribution >= 0.6 is 0 Å².